The highest BCUT2D eigenvalue weighted by atomic mass is 16.5. The highest BCUT2D eigenvalue weighted by molar-refractivity contribution is 5.78. The van der Waals surface area contributed by atoms with E-state index in [-0.39, 0.29) is 5.91 Å². The minimum absolute atomic E-state index is 0.106. The summed E-state index contributed by atoms with van der Waals surface area (Å²) in [5.41, 5.74) is 3.46. The number of hydrogen-bond acceptors (Lipinski definition) is 3. The van der Waals surface area contributed by atoms with Crippen molar-refractivity contribution < 1.29 is 9.53 Å². The predicted octanol–water partition coefficient (Wildman–Crippen LogP) is 3.19. The summed E-state index contributed by atoms with van der Waals surface area (Å²) < 4.78 is 5.30. The fourth-order valence-corrected chi connectivity index (χ4v) is 3.34. The topological polar surface area (TPSA) is 41.6 Å². The molecule has 1 aliphatic heterocycles. The van der Waals surface area contributed by atoms with Crippen LogP contribution < -0.4 is 15.0 Å². The van der Waals surface area contributed by atoms with Crippen molar-refractivity contribution in [2.75, 3.05) is 31.6 Å². The Labute approximate surface area is 149 Å². The molecule has 1 N–H and O–H groups in total. The number of carbonyl (C=O) groups is 1. The van der Waals surface area contributed by atoms with E-state index < -0.39 is 0 Å². The molecule has 3 rings (SSSR count). The first-order valence-electron chi connectivity index (χ1n) is 8.86. The fraction of sp³-hybridized carbons (Fsp3) is 0.381. The zero-order valence-electron chi connectivity index (χ0n) is 15.0. The molecular formula is C21H26N2O2. The molecule has 4 nitrogen and oxygen atoms in total. The molecule has 0 radical (unpaired) electrons. The van der Waals surface area contributed by atoms with Crippen LogP contribution in [0.25, 0.3) is 0 Å². The fourth-order valence-electron chi connectivity index (χ4n) is 3.34. The first-order chi connectivity index (χ1) is 12.2. The van der Waals surface area contributed by atoms with Gasteiger partial charge in [0.15, 0.2) is 0 Å². The Balaban J connectivity index is 1.48. The maximum absolute atomic E-state index is 12.2. The maximum atomic E-state index is 12.2. The van der Waals surface area contributed by atoms with E-state index >= 15 is 0 Å². The summed E-state index contributed by atoms with van der Waals surface area (Å²) in [6, 6.07) is 16.2. The number of hydrogen-bond donors (Lipinski definition) is 1. The lowest BCUT2D eigenvalue weighted by atomic mass is 10.1. The largest absolute Gasteiger partial charge is 0.497 e. The molecule has 1 aliphatic rings. The van der Waals surface area contributed by atoms with Gasteiger partial charge in [-0.3, -0.25) is 4.79 Å². The molecule has 1 heterocycles. The van der Waals surface area contributed by atoms with Gasteiger partial charge in [-0.2, -0.15) is 0 Å². The zero-order valence-corrected chi connectivity index (χ0v) is 15.0. The van der Waals surface area contributed by atoms with E-state index in [0.717, 1.165) is 37.4 Å². The molecular weight excluding hydrogens is 312 g/mol. The molecule has 1 fully saturated rings. The summed E-state index contributed by atoms with van der Waals surface area (Å²) >= 11 is 0. The van der Waals surface area contributed by atoms with E-state index in [4.69, 9.17) is 4.74 Å². The van der Waals surface area contributed by atoms with Gasteiger partial charge in [0.25, 0.3) is 0 Å². The van der Waals surface area contributed by atoms with Gasteiger partial charge in [-0.05, 0) is 42.5 Å². The van der Waals surface area contributed by atoms with Gasteiger partial charge in [0, 0.05) is 31.4 Å². The molecule has 0 aromatic heterocycles. The predicted molar refractivity (Wildman–Crippen MR) is 101 cm³/mol. The summed E-state index contributed by atoms with van der Waals surface area (Å²) in [4.78, 5) is 14.6. The van der Waals surface area contributed by atoms with Gasteiger partial charge in [-0.15, -0.1) is 0 Å². The van der Waals surface area contributed by atoms with Gasteiger partial charge < -0.3 is 15.0 Å². The number of benzene rings is 2. The van der Waals surface area contributed by atoms with Crippen LogP contribution in [0.15, 0.2) is 48.5 Å². The molecule has 1 atom stereocenters. The standard InChI is InChI=1S/C21H26N2O2/c1-16-6-3-4-7-18(16)12-21(24)22-14-17-10-11-23(15-17)19-8-5-9-20(13-19)25-2/h3-9,13,17H,10-12,14-15H2,1-2H3,(H,22,24)/t17-/m1/s1. The molecule has 132 valence electrons. The second-order valence-corrected chi connectivity index (χ2v) is 6.71. The number of anilines is 1. The van der Waals surface area contributed by atoms with Crippen LogP contribution >= 0.6 is 0 Å². The third-order valence-corrected chi connectivity index (χ3v) is 4.90. The van der Waals surface area contributed by atoms with Crippen molar-refractivity contribution in [3.05, 3.63) is 59.7 Å². The molecule has 2 aromatic carbocycles. The number of rotatable bonds is 6. The SMILES string of the molecule is COc1cccc(N2CC[C@H](CNC(=O)Cc3ccccc3C)C2)c1. The van der Waals surface area contributed by atoms with Crippen LogP contribution in [0, 0.1) is 12.8 Å². The average molecular weight is 338 g/mol. The summed E-state index contributed by atoms with van der Waals surface area (Å²) in [6.07, 6.45) is 1.56. The van der Waals surface area contributed by atoms with Gasteiger partial charge in [0.2, 0.25) is 5.91 Å². The molecule has 2 aromatic rings. The molecule has 1 amide bonds. The van der Waals surface area contributed by atoms with E-state index in [9.17, 15) is 4.79 Å². The van der Waals surface area contributed by atoms with Crippen LogP contribution in [0.1, 0.15) is 17.5 Å². The van der Waals surface area contributed by atoms with E-state index in [1.54, 1.807) is 7.11 Å². The maximum Gasteiger partial charge on any atom is 0.224 e. The van der Waals surface area contributed by atoms with E-state index in [0.29, 0.717) is 12.3 Å². The van der Waals surface area contributed by atoms with Crippen LogP contribution in [0.4, 0.5) is 5.69 Å². The van der Waals surface area contributed by atoms with Crippen molar-refractivity contribution in [3.63, 3.8) is 0 Å². The van der Waals surface area contributed by atoms with E-state index in [1.807, 2.05) is 43.3 Å². The first kappa shape index (κ1) is 17.3. The Morgan fingerprint density at radius 1 is 1.24 bits per heavy atom. The molecule has 0 saturated carbocycles. The van der Waals surface area contributed by atoms with Crippen LogP contribution in [0.3, 0.4) is 0 Å². The Morgan fingerprint density at radius 3 is 2.88 bits per heavy atom. The lowest BCUT2D eigenvalue weighted by Crippen LogP contribution is -2.32. The number of nitrogens with zero attached hydrogens (tertiary/aromatic N) is 1. The van der Waals surface area contributed by atoms with Crippen molar-refractivity contribution in [2.45, 2.75) is 19.8 Å². The molecule has 4 heteroatoms. The van der Waals surface area contributed by atoms with Gasteiger partial charge in [-0.1, -0.05) is 30.3 Å². The second-order valence-electron chi connectivity index (χ2n) is 6.71. The van der Waals surface area contributed by atoms with Crippen molar-refractivity contribution in [1.29, 1.82) is 0 Å². The molecule has 0 spiro atoms. The Hall–Kier alpha value is -2.49. The number of carbonyl (C=O) groups excluding carboxylic acids is 1. The van der Waals surface area contributed by atoms with E-state index in [1.165, 1.54) is 11.3 Å². The Kier molecular flexibility index (Phi) is 5.59. The first-order valence-corrected chi connectivity index (χ1v) is 8.86. The van der Waals surface area contributed by atoms with Crippen LogP contribution in [-0.2, 0) is 11.2 Å². The molecule has 1 saturated heterocycles. The van der Waals surface area contributed by atoms with Gasteiger partial charge in [0.05, 0.1) is 13.5 Å². The van der Waals surface area contributed by atoms with E-state index in [2.05, 4.69) is 22.3 Å². The smallest absolute Gasteiger partial charge is 0.224 e. The minimum Gasteiger partial charge on any atom is -0.497 e. The van der Waals surface area contributed by atoms with Crippen molar-refractivity contribution in [2.24, 2.45) is 5.92 Å². The molecule has 0 unspecified atom stereocenters. The van der Waals surface area contributed by atoms with Crippen LogP contribution in [0.5, 0.6) is 5.75 Å². The third-order valence-electron chi connectivity index (χ3n) is 4.90. The van der Waals surface area contributed by atoms with Gasteiger partial charge >= 0.3 is 0 Å². The third kappa shape index (κ3) is 4.53. The highest BCUT2D eigenvalue weighted by Crippen LogP contribution is 2.26. The Morgan fingerprint density at radius 2 is 2.08 bits per heavy atom. The summed E-state index contributed by atoms with van der Waals surface area (Å²) in [5, 5.41) is 3.10. The lowest BCUT2D eigenvalue weighted by molar-refractivity contribution is -0.120. The lowest BCUT2D eigenvalue weighted by Gasteiger charge is -2.19. The number of aryl methyl sites for hydroxylation is 1. The molecule has 25 heavy (non-hydrogen) atoms. The van der Waals surface area contributed by atoms with Crippen molar-refractivity contribution >= 4 is 11.6 Å². The summed E-state index contributed by atoms with van der Waals surface area (Å²) in [7, 11) is 1.69. The van der Waals surface area contributed by atoms with Gasteiger partial charge in [-0.25, -0.2) is 0 Å². The summed E-state index contributed by atoms with van der Waals surface area (Å²) in [5.74, 6) is 1.48. The number of nitrogens with one attached hydrogen (secondary N) is 1. The Bertz CT molecular complexity index is 729. The molecule has 0 aliphatic carbocycles. The second kappa shape index (κ2) is 8.06. The highest BCUT2D eigenvalue weighted by Gasteiger charge is 2.23. The van der Waals surface area contributed by atoms with Crippen LogP contribution in [0.2, 0.25) is 0 Å². The zero-order chi connectivity index (χ0) is 17.6. The monoisotopic (exact) mass is 338 g/mol. The molecule has 0 bridgehead atoms. The normalized spacial score (nSPS) is 16.7. The number of amides is 1. The summed E-state index contributed by atoms with van der Waals surface area (Å²) in [6.45, 7) is 4.78. The quantitative estimate of drug-likeness (QED) is 0.879. The number of methoxy groups -OCH3 is 1. The minimum atomic E-state index is 0.106. The van der Waals surface area contributed by atoms with Crippen molar-refractivity contribution in [3.8, 4) is 5.75 Å². The van der Waals surface area contributed by atoms with Crippen molar-refractivity contribution in [1.82, 2.24) is 5.32 Å². The van der Waals surface area contributed by atoms with Gasteiger partial charge in [0.1, 0.15) is 5.75 Å². The van der Waals surface area contributed by atoms with Crippen LogP contribution in [-0.4, -0.2) is 32.7 Å². The number of ether oxygens (including phenoxy) is 1. The average Bonchev–Trinajstić information content (AvgIpc) is 3.11.